The molecular formula is C18H18O3S. The Morgan fingerprint density at radius 3 is 2.50 bits per heavy atom. The molecule has 4 heteroatoms. The highest BCUT2D eigenvalue weighted by Crippen LogP contribution is 2.20. The Kier molecular flexibility index (Phi) is 5.62. The van der Waals surface area contributed by atoms with Gasteiger partial charge in [0.25, 0.3) is 0 Å². The van der Waals surface area contributed by atoms with Crippen LogP contribution in [0.25, 0.3) is 0 Å². The van der Waals surface area contributed by atoms with Gasteiger partial charge in [0.1, 0.15) is 30.5 Å². The van der Waals surface area contributed by atoms with E-state index in [4.69, 9.17) is 26.1 Å². The van der Waals surface area contributed by atoms with Crippen LogP contribution in [0.5, 0.6) is 11.5 Å². The zero-order valence-electron chi connectivity index (χ0n) is 12.9. The summed E-state index contributed by atoms with van der Waals surface area (Å²) in [6.45, 7) is 6.55. The van der Waals surface area contributed by atoms with E-state index in [1.54, 1.807) is 12.1 Å². The van der Waals surface area contributed by atoms with Crippen molar-refractivity contribution in [3.63, 3.8) is 0 Å². The lowest BCUT2D eigenvalue weighted by atomic mass is 10.1. The molecule has 22 heavy (non-hydrogen) atoms. The third kappa shape index (κ3) is 4.64. The van der Waals surface area contributed by atoms with E-state index in [0.717, 1.165) is 11.3 Å². The van der Waals surface area contributed by atoms with Crippen molar-refractivity contribution < 1.29 is 13.9 Å². The smallest absolute Gasteiger partial charge is 0.193 e. The molecule has 0 saturated heterocycles. The zero-order chi connectivity index (χ0) is 15.9. The van der Waals surface area contributed by atoms with Gasteiger partial charge in [0.15, 0.2) is 4.71 Å². The normalized spacial score (nSPS) is 9.77. The van der Waals surface area contributed by atoms with Crippen molar-refractivity contribution in [1.29, 1.82) is 0 Å². The van der Waals surface area contributed by atoms with Crippen molar-refractivity contribution in [2.75, 3.05) is 13.2 Å². The van der Waals surface area contributed by atoms with Crippen LogP contribution in [0.2, 0.25) is 0 Å². The van der Waals surface area contributed by atoms with Crippen molar-refractivity contribution in [3.05, 3.63) is 51.9 Å². The molecule has 0 fully saturated rings. The topological polar surface area (TPSA) is 31.6 Å². The van der Waals surface area contributed by atoms with Gasteiger partial charge in [-0.3, -0.25) is 0 Å². The molecule has 0 saturated carbocycles. The van der Waals surface area contributed by atoms with E-state index in [1.807, 2.05) is 26.0 Å². The molecule has 1 aromatic heterocycles. The maximum Gasteiger partial charge on any atom is 0.193 e. The van der Waals surface area contributed by atoms with Gasteiger partial charge in [-0.2, -0.15) is 0 Å². The molecule has 0 N–H and O–H groups in total. The number of benzene rings is 1. The molecule has 0 aliphatic heterocycles. The van der Waals surface area contributed by atoms with Crippen molar-refractivity contribution in [3.8, 4) is 23.3 Å². The van der Waals surface area contributed by atoms with E-state index < -0.39 is 0 Å². The van der Waals surface area contributed by atoms with Crippen molar-refractivity contribution >= 4 is 12.2 Å². The SMILES string of the molecule is Cc1cc(OCC#CCOc2cccc(C)c2C)cc(=S)o1. The summed E-state index contributed by atoms with van der Waals surface area (Å²) in [6.07, 6.45) is 0. The highest BCUT2D eigenvalue weighted by molar-refractivity contribution is 7.71. The average molecular weight is 314 g/mol. The van der Waals surface area contributed by atoms with Crippen LogP contribution in [-0.4, -0.2) is 13.2 Å². The molecule has 3 nitrogen and oxygen atoms in total. The van der Waals surface area contributed by atoms with Crippen LogP contribution in [0.3, 0.4) is 0 Å². The van der Waals surface area contributed by atoms with Crippen LogP contribution in [0, 0.1) is 37.3 Å². The van der Waals surface area contributed by atoms with Crippen LogP contribution in [0.1, 0.15) is 16.9 Å². The van der Waals surface area contributed by atoms with Crippen LogP contribution in [-0.2, 0) is 0 Å². The predicted octanol–water partition coefficient (Wildman–Crippen LogP) is 4.40. The minimum Gasteiger partial charge on any atom is -0.481 e. The predicted molar refractivity (Wildman–Crippen MR) is 89.0 cm³/mol. The summed E-state index contributed by atoms with van der Waals surface area (Å²) in [6, 6.07) is 9.43. The molecule has 0 radical (unpaired) electrons. The van der Waals surface area contributed by atoms with Gasteiger partial charge in [0.05, 0.1) is 0 Å². The second-order valence-corrected chi connectivity index (χ2v) is 5.25. The molecule has 1 aromatic carbocycles. The molecule has 2 aromatic rings. The maximum absolute atomic E-state index is 5.65. The van der Waals surface area contributed by atoms with Gasteiger partial charge in [-0.15, -0.1) is 0 Å². The van der Waals surface area contributed by atoms with Crippen LogP contribution in [0.4, 0.5) is 0 Å². The minimum absolute atomic E-state index is 0.286. The third-order valence-corrected chi connectivity index (χ3v) is 3.36. The summed E-state index contributed by atoms with van der Waals surface area (Å²) in [7, 11) is 0. The summed E-state index contributed by atoms with van der Waals surface area (Å²) in [5.74, 6) is 8.10. The number of hydrogen-bond donors (Lipinski definition) is 0. The quantitative estimate of drug-likeness (QED) is 0.618. The van der Waals surface area contributed by atoms with E-state index in [-0.39, 0.29) is 6.61 Å². The van der Waals surface area contributed by atoms with Gasteiger partial charge in [0, 0.05) is 12.1 Å². The van der Waals surface area contributed by atoms with Gasteiger partial charge >= 0.3 is 0 Å². The second-order valence-electron chi connectivity index (χ2n) is 4.85. The van der Waals surface area contributed by atoms with Gasteiger partial charge in [-0.1, -0.05) is 24.0 Å². The monoisotopic (exact) mass is 314 g/mol. The highest BCUT2D eigenvalue weighted by atomic mass is 32.1. The molecule has 1 heterocycles. The Labute approximate surface area is 135 Å². The molecular weight excluding hydrogens is 296 g/mol. The first kappa shape index (κ1) is 16.1. The number of ether oxygens (including phenoxy) is 2. The largest absolute Gasteiger partial charge is 0.481 e. The van der Waals surface area contributed by atoms with E-state index in [1.165, 1.54) is 5.56 Å². The zero-order valence-corrected chi connectivity index (χ0v) is 13.8. The summed E-state index contributed by atoms with van der Waals surface area (Å²) in [5, 5.41) is 0. The van der Waals surface area contributed by atoms with E-state index in [9.17, 15) is 0 Å². The lowest BCUT2D eigenvalue weighted by Gasteiger charge is -2.07. The lowest BCUT2D eigenvalue weighted by Crippen LogP contribution is -1.99. The fraction of sp³-hybridized carbons (Fsp3) is 0.278. The standard InChI is InChI=1S/C18H18O3S/c1-13-7-6-8-17(15(13)3)20-10-5-4-9-19-16-11-14(2)21-18(22)12-16/h6-8,11-12H,9-10H2,1-3H3. The van der Waals surface area contributed by atoms with Crippen molar-refractivity contribution in [2.45, 2.75) is 20.8 Å². The first-order chi connectivity index (χ1) is 10.6. The Morgan fingerprint density at radius 2 is 1.77 bits per heavy atom. The molecule has 0 spiro atoms. The first-order valence-corrected chi connectivity index (χ1v) is 7.36. The lowest BCUT2D eigenvalue weighted by molar-refractivity contribution is 0.356. The molecule has 0 unspecified atom stereocenters. The van der Waals surface area contributed by atoms with Crippen LogP contribution < -0.4 is 9.47 Å². The van der Waals surface area contributed by atoms with Crippen LogP contribution in [0.15, 0.2) is 34.7 Å². The van der Waals surface area contributed by atoms with Gasteiger partial charge in [-0.25, -0.2) is 0 Å². The molecule has 0 bridgehead atoms. The summed E-state index contributed by atoms with van der Waals surface area (Å²) in [4.78, 5) is 0. The molecule has 0 aliphatic rings. The second kappa shape index (κ2) is 7.67. The first-order valence-electron chi connectivity index (χ1n) is 6.95. The van der Waals surface area contributed by atoms with E-state index in [2.05, 4.69) is 24.8 Å². The summed E-state index contributed by atoms with van der Waals surface area (Å²) >= 11 is 4.98. The van der Waals surface area contributed by atoms with Crippen LogP contribution >= 0.6 is 12.2 Å². The fourth-order valence-electron chi connectivity index (χ4n) is 1.87. The highest BCUT2D eigenvalue weighted by Gasteiger charge is 2.00. The van der Waals surface area contributed by atoms with E-state index in [0.29, 0.717) is 22.8 Å². The molecule has 0 aliphatic carbocycles. The summed E-state index contributed by atoms with van der Waals surface area (Å²) < 4.78 is 16.8. The third-order valence-electron chi connectivity index (χ3n) is 3.16. The van der Waals surface area contributed by atoms with Crippen molar-refractivity contribution in [1.82, 2.24) is 0 Å². The van der Waals surface area contributed by atoms with Gasteiger partial charge in [0.2, 0.25) is 0 Å². The number of rotatable bonds is 4. The van der Waals surface area contributed by atoms with Crippen molar-refractivity contribution in [2.24, 2.45) is 0 Å². The molecule has 2 rings (SSSR count). The molecule has 0 amide bonds. The Bertz CT molecular complexity index is 766. The fourth-order valence-corrected chi connectivity index (χ4v) is 2.12. The number of hydrogen-bond acceptors (Lipinski definition) is 4. The Hall–Kier alpha value is -2.25. The van der Waals surface area contributed by atoms with Gasteiger partial charge in [-0.05, 0) is 50.2 Å². The Balaban J connectivity index is 1.82. The number of aryl methyl sites for hydroxylation is 2. The summed E-state index contributed by atoms with van der Waals surface area (Å²) in [5.41, 5.74) is 2.35. The average Bonchev–Trinajstić information content (AvgIpc) is 2.46. The maximum atomic E-state index is 5.65. The molecule has 114 valence electrons. The van der Waals surface area contributed by atoms with Gasteiger partial charge < -0.3 is 13.9 Å². The molecule has 0 atom stereocenters. The minimum atomic E-state index is 0.286. The van der Waals surface area contributed by atoms with E-state index >= 15 is 0 Å². The Morgan fingerprint density at radius 1 is 1.05 bits per heavy atom.